The number of alkyl halides is 1. The fraction of sp³-hybridized carbons (Fsp3) is 1.00. The van der Waals surface area contributed by atoms with Crippen molar-refractivity contribution in [3.8, 4) is 0 Å². The molecule has 17 heavy (non-hydrogen) atoms. The average Bonchev–Trinajstić information content (AvgIpc) is 2.35. The summed E-state index contributed by atoms with van der Waals surface area (Å²) in [6.45, 7) is 11.8. The molecule has 1 nitrogen and oxygen atoms in total. The van der Waals surface area contributed by atoms with Gasteiger partial charge in [-0.05, 0) is 25.2 Å². The molecule has 1 atom stereocenters. The average molecular weight is 306 g/mol. The molecule has 0 rings (SSSR count). The zero-order valence-corrected chi connectivity index (χ0v) is 13.9. The second-order valence-corrected chi connectivity index (χ2v) is 5.86. The molecule has 0 aromatic carbocycles. The summed E-state index contributed by atoms with van der Waals surface area (Å²) >= 11 is 3.60. The minimum absolute atomic E-state index is 0.781. The first-order valence-electron chi connectivity index (χ1n) is 7.53. The van der Waals surface area contributed by atoms with Crippen LogP contribution in [0, 0.1) is 5.92 Å². The third-order valence-corrected chi connectivity index (χ3v) is 4.22. The van der Waals surface area contributed by atoms with E-state index in [1.807, 2.05) is 0 Å². The second-order valence-electron chi connectivity index (χ2n) is 5.07. The van der Waals surface area contributed by atoms with Crippen LogP contribution in [0.2, 0.25) is 0 Å². The number of hydrogen-bond acceptors (Lipinski definition) is 1. The van der Waals surface area contributed by atoms with Crippen molar-refractivity contribution in [1.29, 1.82) is 0 Å². The van der Waals surface area contributed by atoms with Gasteiger partial charge < -0.3 is 0 Å². The lowest BCUT2D eigenvalue weighted by Crippen LogP contribution is -2.39. The van der Waals surface area contributed by atoms with E-state index in [-0.39, 0.29) is 0 Å². The van der Waals surface area contributed by atoms with Crippen molar-refractivity contribution in [3.05, 3.63) is 0 Å². The highest BCUT2D eigenvalue weighted by atomic mass is 79.9. The molecule has 0 aliphatic heterocycles. The standard InChI is InChI=1S/C15H32BrN/c1-5-9-10-14(6-2)13-17(12-11-16)15(7-3)8-4/h14-15H,5-13H2,1-4H3. The number of rotatable bonds is 11. The van der Waals surface area contributed by atoms with Crippen LogP contribution in [0.25, 0.3) is 0 Å². The quantitative estimate of drug-likeness (QED) is 0.481. The van der Waals surface area contributed by atoms with Crippen LogP contribution >= 0.6 is 15.9 Å². The Kier molecular flexibility index (Phi) is 11.8. The van der Waals surface area contributed by atoms with E-state index in [1.165, 1.54) is 51.6 Å². The summed E-state index contributed by atoms with van der Waals surface area (Å²) in [5.41, 5.74) is 0. The van der Waals surface area contributed by atoms with Crippen molar-refractivity contribution in [2.24, 2.45) is 5.92 Å². The van der Waals surface area contributed by atoms with Gasteiger partial charge in [0.15, 0.2) is 0 Å². The molecule has 0 bridgehead atoms. The zero-order chi connectivity index (χ0) is 13.1. The Labute approximate surface area is 117 Å². The first-order chi connectivity index (χ1) is 8.23. The lowest BCUT2D eigenvalue weighted by atomic mass is 9.97. The van der Waals surface area contributed by atoms with Crippen LogP contribution in [-0.4, -0.2) is 29.4 Å². The molecule has 1 unspecified atom stereocenters. The summed E-state index contributed by atoms with van der Waals surface area (Å²) in [6, 6.07) is 0.781. The molecular formula is C15H32BrN. The van der Waals surface area contributed by atoms with Gasteiger partial charge in [-0.25, -0.2) is 0 Å². The van der Waals surface area contributed by atoms with Crippen LogP contribution in [-0.2, 0) is 0 Å². The maximum Gasteiger partial charge on any atom is 0.0159 e. The molecule has 104 valence electrons. The van der Waals surface area contributed by atoms with Gasteiger partial charge >= 0.3 is 0 Å². The van der Waals surface area contributed by atoms with E-state index in [0.29, 0.717) is 0 Å². The minimum atomic E-state index is 0.781. The molecule has 0 heterocycles. The first kappa shape index (κ1) is 17.4. The van der Waals surface area contributed by atoms with E-state index in [2.05, 4.69) is 48.5 Å². The van der Waals surface area contributed by atoms with E-state index >= 15 is 0 Å². The van der Waals surface area contributed by atoms with Crippen molar-refractivity contribution in [2.75, 3.05) is 18.4 Å². The molecule has 0 saturated carbocycles. The van der Waals surface area contributed by atoms with E-state index in [4.69, 9.17) is 0 Å². The van der Waals surface area contributed by atoms with Crippen LogP contribution in [0.15, 0.2) is 0 Å². The minimum Gasteiger partial charge on any atom is -0.299 e. The molecule has 0 amide bonds. The molecule has 0 aliphatic rings. The van der Waals surface area contributed by atoms with Gasteiger partial charge in [0, 0.05) is 24.5 Å². The van der Waals surface area contributed by atoms with E-state index in [9.17, 15) is 0 Å². The predicted octanol–water partition coefficient (Wildman–Crippen LogP) is 5.09. The molecule has 0 radical (unpaired) electrons. The zero-order valence-electron chi connectivity index (χ0n) is 12.3. The van der Waals surface area contributed by atoms with Crippen LogP contribution in [0.3, 0.4) is 0 Å². The second kappa shape index (κ2) is 11.5. The number of halogens is 1. The fourth-order valence-electron chi connectivity index (χ4n) is 2.59. The maximum absolute atomic E-state index is 3.60. The smallest absolute Gasteiger partial charge is 0.0159 e. The monoisotopic (exact) mass is 305 g/mol. The maximum atomic E-state index is 3.60. The molecule has 0 N–H and O–H groups in total. The van der Waals surface area contributed by atoms with Crippen LogP contribution in [0.5, 0.6) is 0 Å². The topological polar surface area (TPSA) is 3.24 Å². The summed E-state index contributed by atoms with van der Waals surface area (Å²) in [4.78, 5) is 2.71. The van der Waals surface area contributed by atoms with Crippen molar-refractivity contribution in [2.45, 2.75) is 72.3 Å². The molecule has 0 spiro atoms. The lowest BCUT2D eigenvalue weighted by molar-refractivity contribution is 0.160. The summed E-state index contributed by atoms with van der Waals surface area (Å²) in [5, 5.41) is 1.10. The Balaban J connectivity index is 4.27. The first-order valence-corrected chi connectivity index (χ1v) is 8.65. The van der Waals surface area contributed by atoms with Crippen molar-refractivity contribution >= 4 is 15.9 Å². The Morgan fingerprint density at radius 2 is 1.65 bits per heavy atom. The molecule has 0 aliphatic carbocycles. The number of nitrogens with zero attached hydrogens (tertiary/aromatic N) is 1. The van der Waals surface area contributed by atoms with Gasteiger partial charge in [-0.15, -0.1) is 0 Å². The summed E-state index contributed by atoms with van der Waals surface area (Å²) < 4.78 is 0. The third kappa shape index (κ3) is 7.46. The largest absolute Gasteiger partial charge is 0.299 e. The summed E-state index contributed by atoms with van der Waals surface area (Å²) in [5.74, 6) is 0.898. The lowest BCUT2D eigenvalue weighted by Gasteiger charge is -2.33. The predicted molar refractivity (Wildman–Crippen MR) is 83.0 cm³/mol. The van der Waals surface area contributed by atoms with Crippen molar-refractivity contribution in [3.63, 3.8) is 0 Å². The number of hydrogen-bond donors (Lipinski definition) is 0. The Bertz CT molecular complexity index is 157. The Morgan fingerprint density at radius 3 is 2.06 bits per heavy atom. The molecule has 0 fully saturated rings. The van der Waals surface area contributed by atoms with Gasteiger partial charge in [-0.1, -0.05) is 62.9 Å². The molecular weight excluding hydrogens is 274 g/mol. The molecule has 2 heteroatoms. The van der Waals surface area contributed by atoms with Gasteiger partial charge in [-0.3, -0.25) is 4.90 Å². The van der Waals surface area contributed by atoms with E-state index in [0.717, 1.165) is 17.3 Å². The highest BCUT2D eigenvalue weighted by Gasteiger charge is 2.18. The van der Waals surface area contributed by atoms with E-state index < -0.39 is 0 Å². The molecule has 0 aromatic rings. The molecule has 0 aromatic heterocycles. The fourth-order valence-corrected chi connectivity index (χ4v) is 3.04. The van der Waals surface area contributed by atoms with Gasteiger partial charge in [0.1, 0.15) is 0 Å². The van der Waals surface area contributed by atoms with Gasteiger partial charge in [-0.2, -0.15) is 0 Å². The normalized spacial score (nSPS) is 13.6. The highest BCUT2D eigenvalue weighted by molar-refractivity contribution is 9.09. The summed E-state index contributed by atoms with van der Waals surface area (Å²) in [7, 11) is 0. The number of unbranched alkanes of at least 4 members (excludes halogenated alkanes) is 1. The SMILES string of the molecule is CCCCC(CC)CN(CCBr)C(CC)CC. The van der Waals surface area contributed by atoms with Gasteiger partial charge in [0.25, 0.3) is 0 Å². The van der Waals surface area contributed by atoms with Crippen LogP contribution < -0.4 is 0 Å². The Hall–Kier alpha value is 0.440. The van der Waals surface area contributed by atoms with Gasteiger partial charge in [0.05, 0.1) is 0 Å². The summed E-state index contributed by atoms with van der Waals surface area (Å²) in [6.07, 6.45) is 8.04. The Morgan fingerprint density at radius 1 is 1.00 bits per heavy atom. The van der Waals surface area contributed by atoms with Crippen LogP contribution in [0.4, 0.5) is 0 Å². The van der Waals surface area contributed by atoms with Crippen molar-refractivity contribution in [1.82, 2.24) is 4.90 Å². The van der Waals surface area contributed by atoms with E-state index in [1.54, 1.807) is 0 Å². The third-order valence-electron chi connectivity index (χ3n) is 3.87. The van der Waals surface area contributed by atoms with Crippen LogP contribution in [0.1, 0.15) is 66.2 Å². The van der Waals surface area contributed by atoms with Gasteiger partial charge in [0.2, 0.25) is 0 Å². The molecule has 0 saturated heterocycles. The van der Waals surface area contributed by atoms with Crippen molar-refractivity contribution < 1.29 is 0 Å². The highest BCUT2D eigenvalue weighted by Crippen LogP contribution is 2.18.